The number of nitrogens with zero attached hydrogens (tertiary/aromatic N) is 9. The second-order valence-electron chi connectivity index (χ2n) is 21.4. The first-order valence-corrected chi connectivity index (χ1v) is 26.6. The van der Waals surface area contributed by atoms with Gasteiger partial charge in [-0.05, 0) is 120 Å². The molecule has 5 atom stereocenters. The first-order chi connectivity index (χ1) is 34.1. The molecule has 4 aliphatic heterocycles. The van der Waals surface area contributed by atoms with Gasteiger partial charge in [-0.25, -0.2) is 14.5 Å². The number of amides is 3. The number of carbonyl (C=O) groups excluding carboxylic acids is 3. The summed E-state index contributed by atoms with van der Waals surface area (Å²) in [6, 6.07) is 11.2. The molecule has 1 aromatic carbocycles. The molecular weight excluding hydrogens is 940 g/mol. The van der Waals surface area contributed by atoms with Gasteiger partial charge in [0.2, 0.25) is 5.91 Å². The van der Waals surface area contributed by atoms with Gasteiger partial charge in [0.15, 0.2) is 11.5 Å². The third-order valence-electron chi connectivity index (χ3n) is 15.4. The van der Waals surface area contributed by atoms with E-state index >= 15 is 0 Å². The molecule has 0 bridgehead atoms. The number of hydrogen-bond donors (Lipinski definition) is 6. The minimum atomic E-state index is -4.74. The van der Waals surface area contributed by atoms with Gasteiger partial charge in [-0.3, -0.25) is 28.8 Å². The molecule has 0 radical (unpaired) electrons. The Kier molecular flexibility index (Phi) is 14.1. The average Bonchev–Trinajstić information content (AvgIpc) is 3.82. The fourth-order valence-electron chi connectivity index (χ4n) is 12.0. The van der Waals surface area contributed by atoms with Gasteiger partial charge in [0.1, 0.15) is 17.1 Å². The van der Waals surface area contributed by atoms with Crippen molar-refractivity contribution in [2.45, 2.75) is 122 Å². The van der Waals surface area contributed by atoms with Crippen LogP contribution in [0.3, 0.4) is 0 Å². The fraction of sp³-hybridized carbons (Fsp3) is 0.529. The number of aliphatic hydroxyl groups is 1. The minimum absolute atomic E-state index is 0.0256. The van der Waals surface area contributed by atoms with E-state index in [-0.39, 0.29) is 53.5 Å². The van der Waals surface area contributed by atoms with Crippen molar-refractivity contribution < 1.29 is 38.4 Å². The summed E-state index contributed by atoms with van der Waals surface area (Å²) in [6.45, 7) is 20.4. The second kappa shape index (κ2) is 19.8. The molecule has 1 aliphatic carbocycles. The monoisotopic (exact) mass is 1010 g/mol. The Morgan fingerprint density at radius 2 is 1.75 bits per heavy atom. The predicted octanol–water partition coefficient (Wildman–Crippen LogP) is 5.16. The number of hydrogen-bond acceptors (Lipinski definition) is 14. The van der Waals surface area contributed by atoms with Crippen molar-refractivity contribution in [3.8, 4) is 0 Å². The summed E-state index contributed by atoms with van der Waals surface area (Å²) >= 11 is 0. The van der Waals surface area contributed by atoms with E-state index in [1.165, 1.54) is 23.5 Å². The van der Waals surface area contributed by atoms with Crippen LogP contribution in [0.2, 0.25) is 0 Å². The van der Waals surface area contributed by atoms with Gasteiger partial charge in [0.05, 0.1) is 42.0 Å². The Morgan fingerprint density at radius 1 is 0.972 bits per heavy atom. The number of phosphoric ester groups is 1. The Balaban J connectivity index is 0.890. The van der Waals surface area contributed by atoms with Gasteiger partial charge in [-0.2, -0.15) is 0 Å². The Bertz CT molecular complexity index is 2800. The van der Waals surface area contributed by atoms with Crippen molar-refractivity contribution in [2.24, 2.45) is 11.1 Å². The Hall–Kier alpha value is -5.89. The molecule has 72 heavy (non-hydrogen) atoms. The van der Waals surface area contributed by atoms with Crippen LogP contribution in [0.4, 0.5) is 34.4 Å². The number of rotatable bonds is 14. The second-order valence-corrected chi connectivity index (χ2v) is 22.6. The lowest BCUT2D eigenvalue weighted by atomic mass is 9.90. The van der Waals surface area contributed by atoms with E-state index in [1.54, 1.807) is 26.1 Å². The van der Waals surface area contributed by atoms with Crippen LogP contribution >= 0.6 is 7.82 Å². The fourth-order valence-corrected chi connectivity index (χ4v) is 12.7. The van der Waals surface area contributed by atoms with Gasteiger partial charge in [-0.15, -0.1) is 0 Å². The molecule has 7 heterocycles. The van der Waals surface area contributed by atoms with Crippen molar-refractivity contribution in [1.29, 1.82) is 0 Å². The van der Waals surface area contributed by atoms with Crippen LogP contribution in [0.15, 0.2) is 61.4 Å². The number of phosphoric acid groups is 1. The molecular formula is C51H69N12O8P. The van der Waals surface area contributed by atoms with Crippen LogP contribution in [0.25, 0.3) is 0 Å². The van der Waals surface area contributed by atoms with Gasteiger partial charge in [0.25, 0.3) is 11.8 Å². The summed E-state index contributed by atoms with van der Waals surface area (Å²) in [6.07, 6.45) is 9.54. The Morgan fingerprint density at radius 3 is 2.46 bits per heavy atom. The van der Waals surface area contributed by atoms with Crippen molar-refractivity contribution >= 4 is 59.9 Å². The molecule has 7 N–H and O–H groups in total. The van der Waals surface area contributed by atoms with Crippen LogP contribution < -0.4 is 31.1 Å². The molecule has 0 spiro atoms. The molecule has 20 nitrogen and oxygen atoms in total. The van der Waals surface area contributed by atoms with Gasteiger partial charge in [0, 0.05) is 87.2 Å². The largest absolute Gasteiger partial charge is 0.470 e. The van der Waals surface area contributed by atoms with E-state index in [4.69, 9.17) is 15.2 Å². The number of pyridine rings is 1. The number of fused-ring (bicyclic) bond motifs is 3. The smallest absolute Gasteiger partial charge is 0.394 e. The molecule has 386 valence electrons. The van der Waals surface area contributed by atoms with Crippen LogP contribution in [0.5, 0.6) is 0 Å². The van der Waals surface area contributed by atoms with Crippen LogP contribution in [-0.2, 0) is 38.9 Å². The standard InChI is InChI=1S/C51H69N12O8P/c1-8-45(65)56-37-24-34(11-12-38(37)60-19-18-58(29-32(60)3)35-14-17-59(31(2)22-35)36-13-15-53-43(25-36)51(6,7)71-72(68,69)70)55-48-46(47(52)66)54-28-44(57-48)62-16-9-10-39(42(62)30-64)63-21-20-61-40(49(63)67)23-33-26-50(4,5)27-41(33)61/h8,11-13,15,23-25,28,31-32,35,39,42,64H,1,9-10,14,16-22,26-27,29-30H2,2-7H3,(H2,52,66)(H,55,57)(H,56,65)(H2,68,69,70)/t31-,32+,35?,39?,42?/m1/s1. The summed E-state index contributed by atoms with van der Waals surface area (Å²) in [5, 5.41) is 17.2. The molecule has 3 amide bonds. The van der Waals surface area contributed by atoms with Crippen LogP contribution in [-0.4, -0.2) is 138 Å². The first-order valence-electron chi connectivity index (χ1n) is 25.0. The number of nitrogens with one attached hydrogen (secondary N) is 2. The number of piperazine rings is 1. The third-order valence-corrected chi connectivity index (χ3v) is 16.0. The maximum absolute atomic E-state index is 14.2. The lowest BCUT2D eigenvalue weighted by Gasteiger charge is -2.48. The minimum Gasteiger partial charge on any atom is -0.394 e. The lowest BCUT2D eigenvalue weighted by molar-refractivity contribution is -0.111. The highest BCUT2D eigenvalue weighted by atomic mass is 31.2. The summed E-state index contributed by atoms with van der Waals surface area (Å²) in [4.78, 5) is 83.7. The highest BCUT2D eigenvalue weighted by molar-refractivity contribution is 7.46. The van der Waals surface area contributed by atoms with Gasteiger partial charge in [-0.1, -0.05) is 20.4 Å². The molecule has 21 heteroatoms. The zero-order valence-electron chi connectivity index (χ0n) is 42.1. The van der Waals surface area contributed by atoms with E-state index in [2.05, 4.69) is 80.2 Å². The summed E-state index contributed by atoms with van der Waals surface area (Å²) in [7, 11) is -4.74. The third kappa shape index (κ3) is 10.3. The zero-order valence-corrected chi connectivity index (χ0v) is 43.0. The number of primary amides is 1. The van der Waals surface area contributed by atoms with Crippen molar-refractivity contribution in [1.82, 2.24) is 29.3 Å². The number of anilines is 6. The highest BCUT2D eigenvalue weighted by Crippen LogP contribution is 2.46. The van der Waals surface area contributed by atoms with Gasteiger partial charge >= 0.3 is 7.82 Å². The topological polar surface area (TPSA) is 248 Å². The molecule has 0 saturated carbocycles. The highest BCUT2D eigenvalue weighted by Gasteiger charge is 2.43. The zero-order chi connectivity index (χ0) is 51.4. The number of benzene rings is 1. The molecule has 3 fully saturated rings. The molecule has 9 rings (SSSR count). The van der Waals surface area contributed by atoms with Crippen molar-refractivity contribution in [3.05, 3.63) is 89.8 Å². The van der Waals surface area contributed by atoms with E-state index in [0.29, 0.717) is 60.8 Å². The lowest BCUT2D eigenvalue weighted by Crippen LogP contribution is -2.60. The Labute approximate surface area is 420 Å². The van der Waals surface area contributed by atoms with E-state index < -0.39 is 25.4 Å². The number of aromatic nitrogens is 4. The van der Waals surface area contributed by atoms with E-state index in [1.807, 2.05) is 34.1 Å². The molecule has 4 aromatic rings. The quantitative estimate of drug-likeness (QED) is 0.0705. The molecule has 3 aromatic heterocycles. The van der Waals surface area contributed by atoms with E-state index in [0.717, 1.165) is 69.5 Å². The normalized spacial score (nSPS) is 23.7. The summed E-state index contributed by atoms with van der Waals surface area (Å²) in [5.41, 5.74) is 11.1. The summed E-state index contributed by atoms with van der Waals surface area (Å²) in [5.74, 6) is -0.661. The molecule has 5 aliphatic rings. The van der Waals surface area contributed by atoms with Crippen LogP contribution in [0, 0.1) is 5.41 Å². The number of carbonyl (C=O) groups is 3. The average molecular weight is 1010 g/mol. The van der Waals surface area contributed by atoms with E-state index in [9.17, 15) is 33.8 Å². The molecule has 3 saturated heterocycles. The van der Waals surface area contributed by atoms with Crippen molar-refractivity contribution in [2.75, 3.05) is 71.2 Å². The maximum Gasteiger partial charge on any atom is 0.470 e. The summed E-state index contributed by atoms with van der Waals surface area (Å²) < 4.78 is 18.9. The molecule has 3 unspecified atom stereocenters. The van der Waals surface area contributed by atoms with Gasteiger partial charge < -0.3 is 55.4 Å². The predicted molar refractivity (Wildman–Crippen MR) is 276 cm³/mol. The number of piperidine rings is 2. The number of aliphatic hydroxyl groups excluding tert-OH is 1. The maximum atomic E-state index is 14.2. The van der Waals surface area contributed by atoms with Crippen molar-refractivity contribution in [3.63, 3.8) is 0 Å². The van der Waals surface area contributed by atoms with Crippen LogP contribution in [0.1, 0.15) is 105 Å². The number of nitrogens with two attached hydrogens (primary N) is 1. The first kappa shape index (κ1) is 51.0. The SMILES string of the molecule is C=CC(=O)Nc1cc(Nc2nc(N3CCCC(N4CCn5c(cc6c5CC(C)(C)C6)C4=O)C3CO)cnc2C(N)=O)ccc1N1CCN(C2CCN(c3ccnc(C(C)(C)OP(=O)(O)O)c3)[C@H](C)C2)C[C@@H]1C.